The third kappa shape index (κ3) is 2.64. The van der Waals surface area contributed by atoms with Crippen LogP contribution in [0.5, 0.6) is 0 Å². The summed E-state index contributed by atoms with van der Waals surface area (Å²) in [6.07, 6.45) is 0. The van der Waals surface area contributed by atoms with Crippen molar-refractivity contribution in [1.29, 1.82) is 0 Å². The molecule has 0 atom stereocenters. The van der Waals surface area contributed by atoms with Crippen LogP contribution < -0.4 is 0 Å². The van der Waals surface area contributed by atoms with Gasteiger partial charge in [-0.1, -0.05) is 36.4 Å². The van der Waals surface area contributed by atoms with Gasteiger partial charge >= 0.3 is 0 Å². The normalized spacial score (nSPS) is 11.0. The number of rotatable bonds is 3. The second kappa shape index (κ2) is 5.21. The van der Waals surface area contributed by atoms with Crippen LogP contribution in [0, 0.1) is 0 Å². The van der Waals surface area contributed by atoms with Gasteiger partial charge in [-0.25, -0.2) is 0 Å². The Morgan fingerprint density at radius 3 is 1.89 bits per heavy atom. The summed E-state index contributed by atoms with van der Waals surface area (Å²) in [6, 6.07) is 14.9. The van der Waals surface area contributed by atoms with Gasteiger partial charge in [0.25, 0.3) is 15.9 Å². The molecule has 0 aromatic heterocycles. The minimum atomic E-state index is -4.25. The molecular weight excluding hydrogens is 266 g/mol. The molecule has 2 aromatic rings. The van der Waals surface area contributed by atoms with Crippen molar-refractivity contribution in [3.05, 3.63) is 66.2 Å². The van der Waals surface area contributed by atoms with Gasteiger partial charge in [0, 0.05) is 5.56 Å². The molecule has 1 amide bonds. The van der Waals surface area contributed by atoms with Crippen molar-refractivity contribution in [2.75, 3.05) is 0 Å². The molecule has 0 bridgehead atoms. The summed E-state index contributed by atoms with van der Waals surface area (Å²) in [6.45, 7) is 0. The predicted octanol–water partition coefficient (Wildman–Crippen LogP) is 1.91. The van der Waals surface area contributed by atoms with Gasteiger partial charge in [0.15, 0.2) is 0 Å². The molecule has 0 heterocycles. The molecule has 2 rings (SSSR count). The molecule has 0 saturated heterocycles. The molecule has 0 unspecified atom stereocenters. The number of carbonyl (C=O) groups excluding carboxylic acids is 1. The standard InChI is InChI=1S/C13H11NO4S/c15-13(11-7-3-1-4-8-11)14(16)19(17,18)12-9-5-2-6-10-12/h1-10,16H. The van der Waals surface area contributed by atoms with Crippen molar-refractivity contribution in [1.82, 2.24) is 4.47 Å². The van der Waals surface area contributed by atoms with E-state index in [1.165, 1.54) is 36.4 Å². The number of nitrogens with zero attached hydrogens (tertiary/aromatic N) is 1. The average molecular weight is 277 g/mol. The van der Waals surface area contributed by atoms with E-state index in [4.69, 9.17) is 0 Å². The van der Waals surface area contributed by atoms with Crippen LogP contribution in [-0.4, -0.2) is 24.0 Å². The molecule has 0 aliphatic heterocycles. The zero-order valence-corrected chi connectivity index (χ0v) is 10.6. The number of hydroxylamine groups is 1. The van der Waals surface area contributed by atoms with Gasteiger partial charge in [-0.05, 0) is 24.3 Å². The van der Waals surface area contributed by atoms with Crippen LogP contribution in [0.25, 0.3) is 0 Å². The van der Waals surface area contributed by atoms with Gasteiger partial charge < -0.3 is 0 Å². The largest absolute Gasteiger partial charge is 0.292 e. The van der Waals surface area contributed by atoms with Crippen LogP contribution in [0.15, 0.2) is 65.6 Å². The second-order valence-corrected chi connectivity index (χ2v) is 5.50. The number of sulfonamides is 1. The van der Waals surface area contributed by atoms with Crippen LogP contribution in [0.3, 0.4) is 0 Å². The highest BCUT2D eigenvalue weighted by molar-refractivity contribution is 7.89. The lowest BCUT2D eigenvalue weighted by molar-refractivity contribution is 0.00790. The fourth-order valence-electron chi connectivity index (χ4n) is 1.49. The number of benzene rings is 2. The molecule has 0 fully saturated rings. The molecule has 0 saturated carbocycles. The number of amides is 1. The topological polar surface area (TPSA) is 74.7 Å². The summed E-state index contributed by atoms with van der Waals surface area (Å²) in [5, 5.41) is 9.65. The Kier molecular flexibility index (Phi) is 3.64. The van der Waals surface area contributed by atoms with Gasteiger partial charge in [0.1, 0.15) is 0 Å². The van der Waals surface area contributed by atoms with Crippen molar-refractivity contribution in [2.45, 2.75) is 4.90 Å². The van der Waals surface area contributed by atoms with E-state index in [1.807, 2.05) is 0 Å². The minimum absolute atomic E-state index is 0.0875. The zero-order valence-electron chi connectivity index (χ0n) is 9.80. The first kappa shape index (κ1) is 13.3. The Bertz CT molecular complexity index is 668. The van der Waals surface area contributed by atoms with Gasteiger partial charge in [-0.15, -0.1) is 4.47 Å². The maximum Gasteiger partial charge on any atom is 0.292 e. The van der Waals surface area contributed by atoms with Crippen molar-refractivity contribution >= 4 is 15.9 Å². The highest BCUT2D eigenvalue weighted by atomic mass is 32.2. The molecule has 0 radical (unpaired) electrons. The van der Waals surface area contributed by atoms with E-state index in [-0.39, 0.29) is 14.9 Å². The lowest BCUT2D eigenvalue weighted by atomic mass is 10.2. The van der Waals surface area contributed by atoms with Gasteiger partial charge in [0.05, 0.1) is 4.90 Å². The van der Waals surface area contributed by atoms with E-state index in [9.17, 15) is 18.4 Å². The minimum Gasteiger partial charge on any atom is -0.271 e. The highest BCUT2D eigenvalue weighted by Crippen LogP contribution is 2.15. The summed E-state index contributed by atoms with van der Waals surface area (Å²) in [4.78, 5) is 11.7. The lowest BCUT2D eigenvalue weighted by Crippen LogP contribution is -2.33. The average Bonchev–Trinajstić information content (AvgIpc) is 2.47. The summed E-state index contributed by atoms with van der Waals surface area (Å²) in [7, 11) is -4.25. The summed E-state index contributed by atoms with van der Waals surface area (Å²) in [5.74, 6) is -0.996. The van der Waals surface area contributed by atoms with E-state index in [0.717, 1.165) is 0 Å². The number of hydrogen-bond donors (Lipinski definition) is 1. The first-order chi connectivity index (χ1) is 9.03. The molecule has 5 nitrogen and oxygen atoms in total. The molecule has 98 valence electrons. The second-order valence-electron chi connectivity index (χ2n) is 3.73. The third-order valence-corrected chi connectivity index (χ3v) is 3.95. The Hall–Kier alpha value is -2.18. The molecule has 6 heteroatoms. The predicted molar refractivity (Wildman–Crippen MR) is 68.0 cm³/mol. The maximum absolute atomic E-state index is 12.0. The Balaban J connectivity index is 2.35. The SMILES string of the molecule is O=C(c1ccccc1)N(O)S(=O)(=O)c1ccccc1. The summed E-state index contributed by atoms with van der Waals surface area (Å²) >= 11 is 0. The third-order valence-electron chi connectivity index (χ3n) is 2.46. The fourth-order valence-corrected chi connectivity index (χ4v) is 2.52. The van der Waals surface area contributed by atoms with E-state index in [2.05, 4.69) is 0 Å². The molecule has 0 aliphatic carbocycles. The highest BCUT2D eigenvalue weighted by Gasteiger charge is 2.28. The Labute approximate surface area is 110 Å². The van der Waals surface area contributed by atoms with Crippen molar-refractivity contribution in [3.8, 4) is 0 Å². The zero-order chi connectivity index (χ0) is 13.9. The Morgan fingerprint density at radius 1 is 0.895 bits per heavy atom. The smallest absolute Gasteiger partial charge is 0.271 e. The van der Waals surface area contributed by atoms with Gasteiger partial charge in [-0.3, -0.25) is 10.0 Å². The van der Waals surface area contributed by atoms with Gasteiger partial charge in [-0.2, -0.15) is 8.42 Å². The maximum atomic E-state index is 12.0. The molecule has 2 aromatic carbocycles. The quantitative estimate of drug-likeness (QED) is 0.687. The molecule has 0 spiro atoms. The lowest BCUT2D eigenvalue weighted by Gasteiger charge is -2.15. The van der Waals surface area contributed by atoms with E-state index in [1.54, 1.807) is 24.3 Å². The molecule has 0 aliphatic rings. The van der Waals surface area contributed by atoms with Crippen molar-refractivity contribution in [2.24, 2.45) is 0 Å². The fraction of sp³-hybridized carbons (Fsp3) is 0. The summed E-state index contributed by atoms with van der Waals surface area (Å²) < 4.78 is 23.8. The van der Waals surface area contributed by atoms with Crippen molar-refractivity contribution < 1.29 is 18.4 Å². The van der Waals surface area contributed by atoms with E-state index >= 15 is 0 Å². The molecular formula is C13H11NO4S. The monoisotopic (exact) mass is 277 g/mol. The number of hydrogen-bond acceptors (Lipinski definition) is 4. The van der Waals surface area contributed by atoms with Crippen LogP contribution >= 0.6 is 0 Å². The van der Waals surface area contributed by atoms with Crippen LogP contribution in [0.4, 0.5) is 0 Å². The molecule has 19 heavy (non-hydrogen) atoms. The Morgan fingerprint density at radius 2 is 1.37 bits per heavy atom. The first-order valence-electron chi connectivity index (χ1n) is 5.42. The van der Waals surface area contributed by atoms with Gasteiger partial charge in [0.2, 0.25) is 0 Å². The first-order valence-corrected chi connectivity index (χ1v) is 6.86. The van der Waals surface area contributed by atoms with Crippen LogP contribution in [0.1, 0.15) is 10.4 Å². The van der Waals surface area contributed by atoms with E-state index in [0.29, 0.717) is 0 Å². The van der Waals surface area contributed by atoms with Crippen LogP contribution in [-0.2, 0) is 10.0 Å². The van der Waals surface area contributed by atoms with E-state index < -0.39 is 15.9 Å². The summed E-state index contributed by atoms with van der Waals surface area (Å²) in [5.41, 5.74) is 0.0875. The van der Waals surface area contributed by atoms with Crippen LogP contribution in [0.2, 0.25) is 0 Å². The molecule has 1 N–H and O–H groups in total. The van der Waals surface area contributed by atoms with Crippen molar-refractivity contribution in [3.63, 3.8) is 0 Å². The number of carbonyl (C=O) groups is 1.